The molecule has 0 aromatic heterocycles. The summed E-state index contributed by atoms with van der Waals surface area (Å²) in [6.45, 7) is 1.98. The third-order valence-electron chi connectivity index (χ3n) is 4.44. The zero-order chi connectivity index (χ0) is 16.9. The van der Waals surface area contributed by atoms with Crippen molar-refractivity contribution in [3.63, 3.8) is 0 Å². The van der Waals surface area contributed by atoms with Crippen LogP contribution in [0.1, 0.15) is 30.7 Å². The highest BCUT2D eigenvalue weighted by molar-refractivity contribution is 5.85. The summed E-state index contributed by atoms with van der Waals surface area (Å²) in [7, 11) is 1.88. The molecule has 1 N–H and O–H groups in total. The number of nitrogens with zero attached hydrogens (tertiary/aromatic N) is 1. The van der Waals surface area contributed by atoms with Crippen molar-refractivity contribution in [2.75, 3.05) is 26.7 Å². The van der Waals surface area contributed by atoms with Crippen LogP contribution in [-0.2, 0) is 4.79 Å². The highest BCUT2D eigenvalue weighted by atomic mass is 35.5. The van der Waals surface area contributed by atoms with Crippen LogP contribution >= 0.6 is 12.4 Å². The van der Waals surface area contributed by atoms with E-state index in [2.05, 4.69) is 5.32 Å². The fourth-order valence-corrected chi connectivity index (χ4v) is 3.09. The SMILES string of the molecule is CNCC1CCN(C(=O)CC(c2ccccc2)C(F)(F)F)CC1.Cl. The number of carbonyl (C=O) groups is 1. The number of carbonyl (C=O) groups excluding carboxylic acids is 1. The number of nitrogens with one attached hydrogen (secondary N) is 1. The smallest absolute Gasteiger partial charge is 0.343 e. The topological polar surface area (TPSA) is 32.3 Å². The molecule has 1 aromatic carbocycles. The molecule has 1 fully saturated rings. The molecule has 0 spiro atoms. The molecule has 2 rings (SSSR count). The van der Waals surface area contributed by atoms with Crippen molar-refractivity contribution in [1.29, 1.82) is 0 Å². The van der Waals surface area contributed by atoms with Gasteiger partial charge in [0.05, 0.1) is 5.92 Å². The number of amides is 1. The minimum absolute atomic E-state index is 0. The van der Waals surface area contributed by atoms with Crippen LogP contribution in [0.3, 0.4) is 0 Å². The minimum Gasteiger partial charge on any atom is -0.343 e. The van der Waals surface area contributed by atoms with Crippen molar-refractivity contribution in [1.82, 2.24) is 10.2 Å². The van der Waals surface area contributed by atoms with Gasteiger partial charge in [0.1, 0.15) is 0 Å². The molecular formula is C17H24ClF3N2O. The lowest BCUT2D eigenvalue weighted by atomic mass is 9.92. The largest absolute Gasteiger partial charge is 0.396 e. The first kappa shape index (κ1) is 20.8. The second-order valence-electron chi connectivity index (χ2n) is 6.09. The number of alkyl halides is 3. The third kappa shape index (κ3) is 5.67. The average molecular weight is 365 g/mol. The molecule has 1 saturated heterocycles. The molecule has 0 aliphatic carbocycles. The quantitative estimate of drug-likeness (QED) is 0.865. The fraction of sp³-hybridized carbons (Fsp3) is 0.588. The summed E-state index contributed by atoms with van der Waals surface area (Å²) in [6, 6.07) is 7.68. The van der Waals surface area contributed by atoms with Crippen LogP contribution in [-0.4, -0.2) is 43.7 Å². The highest BCUT2D eigenvalue weighted by Gasteiger charge is 2.42. The van der Waals surface area contributed by atoms with Gasteiger partial charge in [-0.2, -0.15) is 13.2 Å². The van der Waals surface area contributed by atoms with E-state index in [-0.39, 0.29) is 18.0 Å². The van der Waals surface area contributed by atoms with Gasteiger partial charge in [0.15, 0.2) is 0 Å². The van der Waals surface area contributed by atoms with E-state index < -0.39 is 24.4 Å². The monoisotopic (exact) mass is 364 g/mol. The van der Waals surface area contributed by atoms with E-state index in [1.54, 1.807) is 23.1 Å². The first-order valence-corrected chi connectivity index (χ1v) is 7.96. The molecule has 0 saturated carbocycles. The highest BCUT2D eigenvalue weighted by Crippen LogP contribution is 2.38. The van der Waals surface area contributed by atoms with Crippen molar-refractivity contribution in [2.45, 2.75) is 31.4 Å². The number of hydrogen-bond donors (Lipinski definition) is 1. The lowest BCUT2D eigenvalue weighted by molar-refractivity contribution is -0.161. The minimum atomic E-state index is -4.42. The molecule has 3 nitrogen and oxygen atoms in total. The first-order chi connectivity index (χ1) is 10.9. The summed E-state index contributed by atoms with van der Waals surface area (Å²) in [4.78, 5) is 13.9. The Kier molecular flexibility index (Phi) is 8.03. The van der Waals surface area contributed by atoms with Crippen molar-refractivity contribution < 1.29 is 18.0 Å². The Balaban J connectivity index is 0.00000288. The molecule has 0 radical (unpaired) electrons. The van der Waals surface area contributed by atoms with Crippen LogP contribution in [0.15, 0.2) is 30.3 Å². The summed E-state index contributed by atoms with van der Waals surface area (Å²) >= 11 is 0. The Labute approximate surface area is 147 Å². The molecule has 1 heterocycles. The maximum absolute atomic E-state index is 13.3. The van der Waals surface area contributed by atoms with Crippen molar-refractivity contribution >= 4 is 18.3 Å². The number of benzene rings is 1. The van der Waals surface area contributed by atoms with Gasteiger partial charge in [-0.3, -0.25) is 4.79 Å². The van der Waals surface area contributed by atoms with Gasteiger partial charge >= 0.3 is 6.18 Å². The zero-order valence-electron chi connectivity index (χ0n) is 13.7. The summed E-state index contributed by atoms with van der Waals surface area (Å²) in [5.41, 5.74) is 0.151. The number of piperidine rings is 1. The Morgan fingerprint density at radius 1 is 1.25 bits per heavy atom. The summed E-state index contributed by atoms with van der Waals surface area (Å²) < 4.78 is 40.0. The molecule has 24 heavy (non-hydrogen) atoms. The lowest BCUT2D eigenvalue weighted by Gasteiger charge is -2.33. The van der Waals surface area contributed by atoms with E-state index in [0.717, 1.165) is 19.4 Å². The summed E-state index contributed by atoms with van der Waals surface area (Å²) in [6.07, 6.45) is -3.24. The van der Waals surface area contributed by atoms with Gasteiger partial charge < -0.3 is 10.2 Å². The molecule has 1 aliphatic rings. The number of halogens is 4. The van der Waals surface area contributed by atoms with Gasteiger partial charge in [0.2, 0.25) is 5.91 Å². The van der Waals surface area contributed by atoms with Crippen LogP contribution in [0, 0.1) is 5.92 Å². The second-order valence-corrected chi connectivity index (χ2v) is 6.09. The van der Waals surface area contributed by atoms with Crippen molar-refractivity contribution in [3.8, 4) is 0 Å². The normalized spacial score (nSPS) is 17.2. The van der Waals surface area contributed by atoms with Crippen molar-refractivity contribution in [2.24, 2.45) is 5.92 Å². The van der Waals surface area contributed by atoms with Gasteiger partial charge in [-0.05, 0) is 37.9 Å². The van der Waals surface area contributed by atoms with E-state index in [1.807, 2.05) is 7.05 Å². The summed E-state index contributed by atoms with van der Waals surface area (Å²) in [5, 5.41) is 3.10. The van der Waals surface area contributed by atoms with Gasteiger partial charge in [0, 0.05) is 19.5 Å². The van der Waals surface area contributed by atoms with Gasteiger partial charge in [-0.25, -0.2) is 0 Å². The fourth-order valence-electron chi connectivity index (χ4n) is 3.09. The predicted octanol–water partition coefficient (Wildman–Crippen LogP) is 3.60. The van der Waals surface area contributed by atoms with E-state index in [9.17, 15) is 18.0 Å². The Morgan fingerprint density at radius 2 is 1.83 bits per heavy atom. The Hall–Kier alpha value is -1.27. The van der Waals surface area contributed by atoms with E-state index >= 15 is 0 Å². The molecule has 136 valence electrons. The Morgan fingerprint density at radius 3 is 2.33 bits per heavy atom. The Bertz CT molecular complexity index is 502. The molecule has 0 bridgehead atoms. The number of rotatable bonds is 5. The molecule has 1 aliphatic heterocycles. The van der Waals surface area contributed by atoms with Gasteiger partial charge in [-0.15, -0.1) is 12.4 Å². The third-order valence-corrected chi connectivity index (χ3v) is 4.44. The zero-order valence-corrected chi connectivity index (χ0v) is 14.5. The number of likely N-dealkylation sites (tertiary alicyclic amines) is 1. The molecule has 1 atom stereocenters. The van der Waals surface area contributed by atoms with Crippen LogP contribution in [0.4, 0.5) is 13.2 Å². The molecule has 1 unspecified atom stereocenters. The van der Waals surface area contributed by atoms with E-state index in [1.165, 1.54) is 12.1 Å². The van der Waals surface area contributed by atoms with Gasteiger partial charge in [0.25, 0.3) is 0 Å². The molecule has 1 amide bonds. The summed E-state index contributed by atoms with van der Waals surface area (Å²) in [5.74, 6) is -1.64. The van der Waals surface area contributed by atoms with Crippen LogP contribution in [0.2, 0.25) is 0 Å². The second kappa shape index (κ2) is 9.28. The predicted molar refractivity (Wildman–Crippen MR) is 90.3 cm³/mol. The molecule has 1 aromatic rings. The molecule has 7 heteroatoms. The standard InChI is InChI=1S/C17H23F3N2O.ClH/c1-21-12-13-7-9-22(10-8-13)16(23)11-15(17(18,19)20)14-5-3-2-4-6-14;/h2-6,13,15,21H,7-12H2,1H3;1H. The number of hydrogen-bond acceptors (Lipinski definition) is 2. The maximum atomic E-state index is 13.3. The van der Waals surface area contributed by atoms with E-state index in [4.69, 9.17) is 0 Å². The molecular weight excluding hydrogens is 341 g/mol. The van der Waals surface area contributed by atoms with Gasteiger partial charge in [-0.1, -0.05) is 30.3 Å². The van der Waals surface area contributed by atoms with Crippen LogP contribution in [0.25, 0.3) is 0 Å². The van der Waals surface area contributed by atoms with E-state index in [0.29, 0.717) is 19.0 Å². The van der Waals surface area contributed by atoms with Crippen LogP contribution < -0.4 is 5.32 Å². The first-order valence-electron chi connectivity index (χ1n) is 7.96. The van der Waals surface area contributed by atoms with Crippen molar-refractivity contribution in [3.05, 3.63) is 35.9 Å². The van der Waals surface area contributed by atoms with Crippen LogP contribution in [0.5, 0.6) is 0 Å². The average Bonchev–Trinajstić information content (AvgIpc) is 2.53. The lowest BCUT2D eigenvalue weighted by Crippen LogP contribution is -2.41. The maximum Gasteiger partial charge on any atom is 0.396 e.